The summed E-state index contributed by atoms with van der Waals surface area (Å²) in [6, 6.07) is 7.91. The number of thiocarbonyl (C=S) groups is 1. The van der Waals surface area contributed by atoms with Crippen molar-refractivity contribution in [2.24, 2.45) is 5.92 Å². The second-order valence-corrected chi connectivity index (χ2v) is 5.63. The van der Waals surface area contributed by atoms with E-state index in [-0.39, 0.29) is 5.91 Å². The Morgan fingerprint density at radius 3 is 2.53 bits per heavy atom. The molecule has 0 aromatic heterocycles. The molecule has 0 aliphatic heterocycles. The molecule has 2 N–H and O–H groups in total. The first-order valence-electron chi connectivity index (χ1n) is 6.81. The minimum absolute atomic E-state index is 0.0245. The molecule has 4 heteroatoms. The number of benzene rings is 1. The zero-order valence-electron chi connectivity index (χ0n) is 11.2. The number of hydrogen-bond donors (Lipinski definition) is 2. The van der Waals surface area contributed by atoms with E-state index in [0.717, 1.165) is 5.69 Å². The monoisotopic (exact) mass is 276 g/mol. The molecule has 0 unspecified atom stereocenters. The van der Waals surface area contributed by atoms with Gasteiger partial charge in [-0.25, -0.2) is 0 Å². The molecular weight excluding hydrogens is 256 g/mol. The maximum Gasteiger partial charge on any atom is 0.226 e. The Morgan fingerprint density at radius 1 is 1.26 bits per heavy atom. The van der Waals surface area contributed by atoms with E-state index in [1.807, 2.05) is 31.2 Å². The number of aryl methyl sites for hydroxylation is 1. The van der Waals surface area contributed by atoms with E-state index < -0.39 is 0 Å². The van der Waals surface area contributed by atoms with Gasteiger partial charge in [0.25, 0.3) is 0 Å². The zero-order chi connectivity index (χ0) is 13.7. The molecule has 1 saturated carbocycles. The van der Waals surface area contributed by atoms with Gasteiger partial charge in [-0.05, 0) is 50.0 Å². The van der Waals surface area contributed by atoms with Crippen LogP contribution in [0.2, 0.25) is 0 Å². The van der Waals surface area contributed by atoms with Crippen LogP contribution in [0.15, 0.2) is 24.3 Å². The van der Waals surface area contributed by atoms with Gasteiger partial charge in [-0.2, -0.15) is 0 Å². The average Bonchev–Trinajstić information content (AvgIpc) is 2.84. The summed E-state index contributed by atoms with van der Waals surface area (Å²) in [5, 5.41) is 6.16. The highest BCUT2D eigenvalue weighted by Gasteiger charge is 2.18. The topological polar surface area (TPSA) is 41.1 Å². The minimum Gasteiger partial charge on any atom is -0.332 e. The molecule has 0 atom stereocenters. The predicted octanol–water partition coefficient (Wildman–Crippen LogP) is 3.39. The van der Waals surface area contributed by atoms with Crippen molar-refractivity contribution in [1.29, 1.82) is 0 Å². The molecule has 102 valence electrons. The molecule has 1 fully saturated rings. The van der Waals surface area contributed by atoms with Crippen LogP contribution in [-0.4, -0.2) is 11.0 Å². The van der Waals surface area contributed by atoms with Gasteiger partial charge in [-0.1, -0.05) is 30.5 Å². The Hall–Kier alpha value is -1.42. The van der Waals surface area contributed by atoms with Crippen LogP contribution >= 0.6 is 12.2 Å². The summed E-state index contributed by atoms with van der Waals surface area (Å²) in [4.78, 5) is 11.8. The Balaban J connectivity index is 1.77. The van der Waals surface area contributed by atoms with E-state index in [1.165, 1.54) is 31.2 Å². The number of carbonyl (C=O) groups excluding carboxylic acids is 1. The predicted molar refractivity (Wildman–Crippen MR) is 82.1 cm³/mol. The number of carbonyl (C=O) groups is 1. The third kappa shape index (κ3) is 4.63. The van der Waals surface area contributed by atoms with Gasteiger partial charge >= 0.3 is 0 Å². The molecule has 1 amide bonds. The summed E-state index contributed by atoms with van der Waals surface area (Å²) in [6.45, 7) is 2.03. The smallest absolute Gasteiger partial charge is 0.226 e. The minimum atomic E-state index is 0.0245. The molecule has 0 bridgehead atoms. The van der Waals surface area contributed by atoms with Crippen molar-refractivity contribution in [2.45, 2.75) is 39.0 Å². The van der Waals surface area contributed by atoms with E-state index in [2.05, 4.69) is 10.6 Å². The molecule has 1 aromatic rings. The fourth-order valence-electron chi connectivity index (χ4n) is 2.45. The van der Waals surface area contributed by atoms with Gasteiger partial charge in [-0.3, -0.25) is 4.79 Å². The maximum atomic E-state index is 11.8. The maximum absolute atomic E-state index is 11.8. The van der Waals surface area contributed by atoms with Crippen LogP contribution in [0.3, 0.4) is 0 Å². The highest BCUT2D eigenvalue weighted by Crippen LogP contribution is 2.27. The lowest BCUT2D eigenvalue weighted by atomic mass is 10.0. The molecular formula is C15H20N2OS. The molecule has 1 aliphatic carbocycles. The zero-order valence-corrected chi connectivity index (χ0v) is 12.1. The third-order valence-corrected chi connectivity index (χ3v) is 3.72. The van der Waals surface area contributed by atoms with Crippen molar-refractivity contribution in [3.05, 3.63) is 29.8 Å². The average molecular weight is 276 g/mol. The summed E-state index contributed by atoms with van der Waals surface area (Å²) < 4.78 is 0. The lowest BCUT2D eigenvalue weighted by Gasteiger charge is -2.12. The summed E-state index contributed by atoms with van der Waals surface area (Å²) in [5.74, 6) is 0.568. The van der Waals surface area contributed by atoms with E-state index in [4.69, 9.17) is 12.2 Å². The van der Waals surface area contributed by atoms with Crippen LogP contribution in [0.5, 0.6) is 0 Å². The van der Waals surface area contributed by atoms with Crippen molar-refractivity contribution < 1.29 is 4.79 Å². The van der Waals surface area contributed by atoms with Gasteiger partial charge in [0.1, 0.15) is 0 Å². The van der Waals surface area contributed by atoms with Gasteiger partial charge in [0.05, 0.1) is 0 Å². The van der Waals surface area contributed by atoms with E-state index in [9.17, 15) is 4.79 Å². The normalized spacial score (nSPS) is 15.2. The fraction of sp³-hybridized carbons (Fsp3) is 0.467. The van der Waals surface area contributed by atoms with Gasteiger partial charge < -0.3 is 10.6 Å². The number of anilines is 1. The first-order chi connectivity index (χ1) is 9.13. The van der Waals surface area contributed by atoms with Crippen LogP contribution in [-0.2, 0) is 4.79 Å². The van der Waals surface area contributed by atoms with Crippen LogP contribution in [0.25, 0.3) is 0 Å². The SMILES string of the molecule is Cc1ccc(NC(=S)NC(=O)CC2CCCC2)cc1. The molecule has 1 aromatic carbocycles. The Morgan fingerprint density at radius 2 is 1.89 bits per heavy atom. The number of amides is 1. The standard InChI is InChI=1S/C15H20N2OS/c1-11-6-8-13(9-7-11)16-15(19)17-14(18)10-12-4-2-3-5-12/h6-9,12H,2-5,10H2,1H3,(H2,16,17,18,19). The van der Waals surface area contributed by atoms with Crippen LogP contribution in [0.4, 0.5) is 5.69 Å². The highest BCUT2D eigenvalue weighted by molar-refractivity contribution is 7.80. The van der Waals surface area contributed by atoms with Crippen LogP contribution in [0, 0.1) is 12.8 Å². The molecule has 3 nitrogen and oxygen atoms in total. The Bertz CT molecular complexity index is 450. The molecule has 1 aliphatic rings. The van der Waals surface area contributed by atoms with Crippen molar-refractivity contribution >= 4 is 28.9 Å². The molecule has 19 heavy (non-hydrogen) atoms. The molecule has 2 rings (SSSR count). The lowest BCUT2D eigenvalue weighted by Crippen LogP contribution is -2.34. The molecule has 0 saturated heterocycles. The second kappa shape index (κ2) is 6.66. The quantitative estimate of drug-likeness (QED) is 0.832. The van der Waals surface area contributed by atoms with Crippen molar-refractivity contribution in [3.8, 4) is 0 Å². The van der Waals surface area contributed by atoms with E-state index in [0.29, 0.717) is 17.5 Å². The van der Waals surface area contributed by atoms with Crippen LogP contribution < -0.4 is 10.6 Å². The highest BCUT2D eigenvalue weighted by atomic mass is 32.1. The first-order valence-corrected chi connectivity index (χ1v) is 7.22. The van der Waals surface area contributed by atoms with Crippen LogP contribution in [0.1, 0.15) is 37.7 Å². The first kappa shape index (κ1) is 14.0. The van der Waals surface area contributed by atoms with Crippen molar-refractivity contribution in [2.75, 3.05) is 5.32 Å². The number of hydrogen-bond acceptors (Lipinski definition) is 2. The largest absolute Gasteiger partial charge is 0.332 e. The second-order valence-electron chi connectivity index (χ2n) is 5.22. The van der Waals surface area contributed by atoms with Gasteiger partial charge in [0, 0.05) is 12.1 Å². The number of rotatable bonds is 3. The van der Waals surface area contributed by atoms with Gasteiger partial charge in [-0.15, -0.1) is 0 Å². The fourth-order valence-corrected chi connectivity index (χ4v) is 2.69. The number of nitrogens with one attached hydrogen (secondary N) is 2. The summed E-state index contributed by atoms with van der Waals surface area (Å²) >= 11 is 5.14. The van der Waals surface area contributed by atoms with Crippen molar-refractivity contribution in [3.63, 3.8) is 0 Å². The molecule has 0 radical (unpaired) electrons. The summed E-state index contributed by atoms with van der Waals surface area (Å²) in [7, 11) is 0. The van der Waals surface area contributed by atoms with Gasteiger partial charge in [0.15, 0.2) is 5.11 Å². The lowest BCUT2D eigenvalue weighted by molar-refractivity contribution is -0.120. The Labute approximate surface area is 119 Å². The van der Waals surface area contributed by atoms with Gasteiger partial charge in [0.2, 0.25) is 5.91 Å². The third-order valence-electron chi connectivity index (χ3n) is 3.51. The molecule has 0 heterocycles. The van der Waals surface area contributed by atoms with Crippen molar-refractivity contribution in [1.82, 2.24) is 5.32 Å². The van der Waals surface area contributed by atoms with E-state index in [1.54, 1.807) is 0 Å². The molecule has 0 spiro atoms. The summed E-state index contributed by atoms with van der Waals surface area (Å²) in [6.07, 6.45) is 5.45. The Kier molecular flexibility index (Phi) is 4.91. The van der Waals surface area contributed by atoms with E-state index >= 15 is 0 Å². The summed E-state index contributed by atoms with van der Waals surface area (Å²) in [5.41, 5.74) is 2.10.